The van der Waals surface area contributed by atoms with E-state index in [1.54, 1.807) is 12.6 Å². The van der Waals surface area contributed by atoms with Crippen molar-refractivity contribution in [3.8, 4) is 11.3 Å². The highest BCUT2D eigenvalue weighted by atomic mass is 16.3. The maximum Gasteiger partial charge on any atom is 0.191 e. The van der Waals surface area contributed by atoms with Gasteiger partial charge in [0.2, 0.25) is 0 Å². The first-order valence-electron chi connectivity index (χ1n) is 6.44. The average Bonchev–Trinajstić information content (AvgIpc) is 3.06. The van der Waals surface area contributed by atoms with Gasteiger partial charge in [0.15, 0.2) is 5.89 Å². The summed E-state index contributed by atoms with van der Waals surface area (Å²) in [6, 6.07) is 8.14. The lowest BCUT2D eigenvalue weighted by atomic mass is 10.1. The molecule has 0 atom stereocenters. The number of hydrogen-bond acceptors (Lipinski definition) is 4. The molecule has 0 bridgehead atoms. The Labute approximate surface area is 117 Å². The molecule has 0 saturated heterocycles. The molecule has 102 valence electrons. The molecule has 1 aromatic carbocycles. The van der Waals surface area contributed by atoms with E-state index < -0.39 is 0 Å². The molecule has 3 aromatic rings. The maximum atomic E-state index is 5.22. The van der Waals surface area contributed by atoms with Gasteiger partial charge >= 0.3 is 0 Å². The second kappa shape index (κ2) is 5.21. The summed E-state index contributed by atoms with van der Waals surface area (Å²) in [5, 5.41) is 3.37. The summed E-state index contributed by atoms with van der Waals surface area (Å²) in [5.41, 5.74) is 4.12. The predicted octanol–water partition coefficient (Wildman–Crippen LogP) is 3.00. The summed E-state index contributed by atoms with van der Waals surface area (Å²) in [5.74, 6) is 0.679. The first-order chi connectivity index (χ1) is 9.72. The van der Waals surface area contributed by atoms with Crippen molar-refractivity contribution in [2.45, 2.75) is 13.5 Å². The summed E-state index contributed by atoms with van der Waals surface area (Å²) in [7, 11) is 1.99. The van der Waals surface area contributed by atoms with Crippen LogP contribution in [0.1, 0.15) is 11.6 Å². The Bertz CT molecular complexity index is 697. The van der Waals surface area contributed by atoms with Gasteiger partial charge in [0.25, 0.3) is 0 Å². The Morgan fingerprint density at radius 1 is 1.25 bits per heavy atom. The summed E-state index contributed by atoms with van der Waals surface area (Å²) in [6.45, 7) is 2.59. The quantitative estimate of drug-likeness (QED) is 0.790. The number of hydrogen-bond donors (Lipinski definition) is 1. The van der Waals surface area contributed by atoms with Gasteiger partial charge in [-0.1, -0.05) is 12.1 Å². The molecule has 5 nitrogen and oxygen atoms in total. The van der Waals surface area contributed by atoms with Crippen LogP contribution in [0.2, 0.25) is 0 Å². The van der Waals surface area contributed by atoms with Crippen molar-refractivity contribution in [2.24, 2.45) is 7.05 Å². The van der Waals surface area contributed by atoms with Gasteiger partial charge in [-0.25, -0.2) is 9.97 Å². The first-order valence-corrected chi connectivity index (χ1v) is 6.44. The third-order valence-electron chi connectivity index (χ3n) is 3.19. The second-order valence-electron chi connectivity index (χ2n) is 4.68. The van der Waals surface area contributed by atoms with E-state index in [-0.39, 0.29) is 0 Å². The molecule has 0 amide bonds. The van der Waals surface area contributed by atoms with Crippen LogP contribution in [0.25, 0.3) is 11.3 Å². The molecule has 2 heterocycles. The number of imidazole rings is 1. The smallest absolute Gasteiger partial charge is 0.191 e. The standard InChI is InChI=1S/C15H16N4O/c1-11-18-15(9-20-11)12-3-5-13(6-4-12)17-8-14-7-16-10-19(14)2/h3-7,9-10,17H,8H2,1-2H3. The molecule has 2 aromatic heterocycles. The fourth-order valence-electron chi connectivity index (χ4n) is 2.00. The van der Waals surface area contributed by atoms with Crippen LogP contribution in [-0.2, 0) is 13.6 Å². The van der Waals surface area contributed by atoms with Gasteiger partial charge in [-0.2, -0.15) is 0 Å². The van der Waals surface area contributed by atoms with E-state index >= 15 is 0 Å². The summed E-state index contributed by atoms with van der Waals surface area (Å²) in [4.78, 5) is 8.40. The molecule has 0 spiro atoms. The number of anilines is 1. The van der Waals surface area contributed by atoms with Gasteiger partial charge in [0.1, 0.15) is 12.0 Å². The van der Waals surface area contributed by atoms with Crippen molar-refractivity contribution in [1.29, 1.82) is 0 Å². The summed E-state index contributed by atoms with van der Waals surface area (Å²) < 4.78 is 7.22. The Hall–Kier alpha value is -2.56. The highest BCUT2D eigenvalue weighted by molar-refractivity contribution is 5.61. The largest absolute Gasteiger partial charge is 0.449 e. The van der Waals surface area contributed by atoms with Crippen molar-refractivity contribution in [3.63, 3.8) is 0 Å². The molecule has 0 fully saturated rings. The van der Waals surface area contributed by atoms with Gasteiger partial charge in [-0.3, -0.25) is 0 Å². The number of benzene rings is 1. The SMILES string of the molecule is Cc1nc(-c2ccc(NCc3cncn3C)cc2)co1. The molecular formula is C15H16N4O. The average molecular weight is 268 g/mol. The van der Waals surface area contributed by atoms with Crippen molar-refractivity contribution < 1.29 is 4.42 Å². The fraction of sp³-hybridized carbons (Fsp3) is 0.200. The lowest BCUT2D eigenvalue weighted by molar-refractivity contribution is 0.521. The lowest BCUT2D eigenvalue weighted by Crippen LogP contribution is -2.03. The molecule has 0 aliphatic rings. The number of rotatable bonds is 4. The Kier molecular flexibility index (Phi) is 3.25. The zero-order valence-corrected chi connectivity index (χ0v) is 11.5. The zero-order chi connectivity index (χ0) is 13.9. The minimum atomic E-state index is 0.679. The van der Waals surface area contributed by atoms with E-state index in [0.717, 1.165) is 29.2 Å². The number of aryl methyl sites for hydroxylation is 2. The minimum absolute atomic E-state index is 0.679. The lowest BCUT2D eigenvalue weighted by Gasteiger charge is -2.07. The van der Waals surface area contributed by atoms with Crippen LogP contribution in [0.15, 0.2) is 47.5 Å². The number of aromatic nitrogens is 3. The number of nitrogens with one attached hydrogen (secondary N) is 1. The van der Waals surface area contributed by atoms with Crippen LogP contribution in [0.5, 0.6) is 0 Å². The highest BCUT2D eigenvalue weighted by Crippen LogP contribution is 2.20. The molecule has 0 unspecified atom stereocenters. The normalized spacial score (nSPS) is 10.7. The maximum absolute atomic E-state index is 5.22. The fourth-order valence-corrected chi connectivity index (χ4v) is 2.00. The van der Waals surface area contributed by atoms with Crippen LogP contribution in [-0.4, -0.2) is 14.5 Å². The molecular weight excluding hydrogens is 252 g/mol. The zero-order valence-electron chi connectivity index (χ0n) is 11.5. The molecule has 0 radical (unpaired) electrons. The van der Waals surface area contributed by atoms with E-state index in [0.29, 0.717) is 5.89 Å². The molecule has 0 aliphatic heterocycles. The Balaban J connectivity index is 1.69. The molecule has 0 aliphatic carbocycles. The van der Waals surface area contributed by atoms with E-state index in [4.69, 9.17) is 4.42 Å². The van der Waals surface area contributed by atoms with E-state index in [2.05, 4.69) is 15.3 Å². The topological polar surface area (TPSA) is 55.9 Å². The van der Waals surface area contributed by atoms with Gasteiger partial charge in [0.05, 0.1) is 18.6 Å². The molecule has 5 heteroatoms. The van der Waals surface area contributed by atoms with E-state index in [1.807, 2.05) is 49.0 Å². The minimum Gasteiger partial charge on any atom is -0.449 e. The molecule has 3 rings (SSSR count). The van der Waals surface area contributed by atoms with Crippen molar-refractivity contribution in [3.05, 3.63) is 54.6 Å². The van der Waals surface area contributed by atoms with Gasteiger partial charge in [-0.05, 0) is 12.1 Å². The van der Waals surface area contributed by atoms with Crippen molar-refractivity contribution in [1.82, 2.24) is 14.5 Å². The number of nitrogens with zero attached hydrogens (tertiary/aromatic N) is 3. The van der Waals surface area contributed by atoms with Gasteiger partial charge < -0.3 is 14.3 Å². The van der Waals surface area contributed by atoms with Crippen molar-refractivity contribution in [2.75, 3.05) is 5.32 Å². The highest BCUT2D eigenvalue weighted by Gasteiger charge is 2.03. The summed E-state index contributed by atoms with van der Waals surface area (Å²) >= 11 is 0. The molecule has 0 saturated carbocycles. The van der Waals surface area contributed by atoms with Crippen LogP contribution >= 0.6 is 0 Å². The Morgan fingerprint density at radius 3 is 2.65 bits per heavy atom. The first kappa shape index (κ1) is 12.5. The third-order valence-corrected chi connectivity index (χ3v) is 3.19. The molecule has 1 N–H and O–H groups in total. The van der Waals surface area contributed by atoms with Gasteiger partial charge in [-0.15, -0.1) is 0 Å². The third kappa shape index (κ3) is 2.56. The Morgan fingerprint density at radius 2 is 2.05 bits per heavy atom. The number of oxazole rings is 1. The van der Waals surface area contributed by atoms with Crippen LogP contribution in [0.4, 0.5) is 5.69 Å². The van der Waals surface area contributed by atoms with E-state index in [1.165, 1.54) is 0 Å². The van der Waals surface area contributed by atoms with E-state index in [9.17, 15) is 0 Å². The van der Waals surface area contributed by atoms with Gasteiger partial charge in [0, 0.05) is 31.4 Å². The summed E-state index contributed by atoms with van der Waals surface area (Å²) in [6.07, 6.45) is 5.33. The monoisotopic (exact) mass is 268 g/mol. The van der Waals surface area contributed by atoms with Crippen LogP contribution < -0.4 is 5.32 Å². The predicted molar refractivity (Wildman–Crippen MR) is 77.2 cm³/mol. The van der Waals surface area contributed by atoms with Crippen molar-refractivity contribution >= 4 is 5.69 Å². The molecule has 20 heavy (non-hydrogen) atoms. The van der Waals surface area contributed by atoms with Crippen LogP contribution in [0, 0.1) is 6.92 Å². The second-order valence-corrected chi connectivity index (χ2v) is 4.68. The van der Waals surface area contributed by atoms with Crippen LogP contribution in [0.3, 0.4) is 0 Å².